The molecule has 2 atom stereocenters. The summed E-state index contributed by atoms with van der Waals surface area (Å²) >= 11 is 0. The average Bonchev–Trinajstić information content (AvgIpc) is 2.78. The lowest BCUT2D eigenvalue weighted by Gasteiger charge is -2.48. The topological polar surface area (TPSA) is 50.3 Å². The highest BCUT2D eigenvalue weighted by Crippen LogP contribution is 2.37. The van der Waals surface area contributed by atoms with Gasteiger partial charge in [0.15, 0.2) is 5.82 Å². The number of anilines is 1. The van der Waals surface area contributed by atoms with Crippen LogP contribution in [0.5, 0.6) is 6.01 Å². The van der Waals surface area contributed by atoms with Gasteiger partial charge in [0.25, 0.3) is 0 Å². The Morgan fingerprint density at radius 3 is 2.50 bits per heavy atom. The van der Waals surface area contributed by atoms with E-state index in [0.29, 0.717) is 23.2 Å². The highest BCUT2D eigenvalue weighted by molar-refractivity contribution is 6.00. The molecule has 0 aliphatic carbocycles. The second kappa shape index (κ2) is 6.64. The van der Waals surface area contributed by atoms with E-state index in [1.54, 1.807) is 0 Å². The standard InChI is InChI=1S/C24H21FN4O/c1-30-24-27-22-20(23(28-24)29-12-15-11-16(13-29)26-15)10-9-19(21(22)25)18-8-4-6-14-5-2-3-7-17(14)18/h2-10,15-16,26H,11-13H2,1H3. The van der Waals surface area contributed by atoms with E-state index in [0.717, 1.165) is 40.6 Å². The average molecular weight is 400 g/mol. The van der Waals surface area contributed by atoms with E-state index in [2.05, 4.69) is 20.2 Å². The maximum atomic E-state index is 15.9. The highest BCUT2D eigenvalue weighted by atomic mass is 19.1. The Kier molecular flexibility index (Phi) is 3.89. The summed E-state index contributed by atoms with van der Waals surface area (Å²) < 4.78 is 21.2. The number of nitrogens with one attached hydrogen (secondary N) is 1. The Bertz CT molecular complexity index is 1270. The van der Waals surface area contributed by atoms with Crippen LogP contribution in [-0.2, 0) is 0 Å². The fourth-order valence-corrected chi connectivity index (χ4v) is 4.81. The number of piperazine rings is 1. The lowest BCUT2D eigenvalue weighted by atomic mass is 9.91. The van der Waals surface area contributed by atoms with Crippen LogP contribution in [0, 0.1) is 5.82 Å². The number of aromatic nitrogens is 2. The summed E-state index contributed by atoms with van der Waals surface area (Å²) in [6.07, 6.45) is 1.19. The van der Waals surface area contributed by atoms with Crippen molar-refractivity contribution in [3.8, 4) is 17.1 Å². The van der Waals surface area contributed by atoms with Crippen molar-refractivity contribution in [3.63, 3.8) is 0 Å². The number of ether oxygens (including phenoxy) is 1. The summed E-state index contributed by atoms with van der Waals surface area (Å²) in [5, 5.41) is 6.34. The van der Waals surface area contributed by atoms with Crippen molar-refractivity contribution in [3.05, 3.63) is 60.4 Å². The molecule has 1 N–H and O–H groups in total. The predicted octanol–water partition coefficient (Wildman–Crippen LogP) is 4.15. The van der Waals surface area contributed by atoms with E-state index in [1.165, 1.54) is 13.5 Å². The smallest absolute Gasteiger partial charge is 0.318 e. The van der Waals surface area contributed by atoms with Crippen LogP contribution >= 0.6 is 0 Å². The molecule has 3 saturated heterocycles. The van der Waals surface area contributed by atoms with Gasteiger partial charge >= 0.3 is 6.01 Å². The summed E-state index contributed by atoms with van der Waals surface area (Å²) in [7, 11) is 1.52. The fourth-order valence-electron chi connectivity index (χ4n) is 4.81. The number of methoxy groups -OCH3 is 1. The Balaban J connectivity index is 1.55. The van der Waals surface area contributed by atoms with Crippen molar-refractivity contribution in [2.24, 2.45) is 0 Å². The van der Waals surface area contributed by atoms with E-state index in [4.69, 9.17) is 4.74 Å². The van der Waals surface area contributed by atoms with Crippen LogP contribution in [0.25, 0.3) is 32.8 Å². The molecule has 30 heavy (non-hydrogen) atoms. The van der Waals surface area contributed by atoms with Crippen LogP contribution in [-0.4, -0.2) is 42.3 Å². The molecule has 1 aromatic heterocycles. The van der Waals surface area contributed by atoms with Crippen LogP contribution in [0.4, 0.5) is 10.2 Å². The van der Waals surface area contributed by atoms with E-state index in [-0.39, 0.29) is 11.8 Å². The molecule has 6 heteroatoms. The molecule has 3 aliphatic heterocycles. The molecule has 4 aromatic rings. The second-order valence-electron chi connectivity index (χ2n) is 8.09. The van der Waals surface area contributed by atoms with Gasteiger partial charge in [0.1, 0.15) is 11.3 Å². The third-order valence-corrected chi connectivity index (χ3v) is 6.25. The summed E-state index contributed by atoms with van der Waals surface area (Å²) in [6, 6.07) is 18.9. The maximum absolute atomic E-state index is 15.9. The molecule has 3 aromatic carbocycles. The minimum Gasteiger partial charge on any atom is -0.467 e. The lowest BCUT2D eigenvalue weighted by Crippen LogP contribution is -2.67. The molecular weight excluding hydrogens is 379 g/mol. The summed E-state index contributed by atoms with van der Waals surface area (Å²) in [6.45, 7) is 1.72. The molecular formula is C24H21FN4O. The van der Waals surface area contributed by atoms with Gasteiger partial charge in [0.05, 0.1) is 7.11 Å². The number of hydrogen-bond acceptors (Lipinski definition) is 5. The summed E-state index contributed by atoms with van der Waals surface area (Å²) in [4.78, 5) is 11.2. The minimum absolute atomic E-state index is 0.193. The van der Waals surface area contributed by atoms with Crippen molar-refractivity contribution >= 4 is 27.5 Å². The van der Waals surface area contributed by atoms with Crippen molar-refractivity contribution < 1.29 is 9.13 Å². The van der Waals surface area contributed by atoms with E-state index >= 15 is 4.39 Å². The first-order chi connectivity index (χ1) is 14.7. The van der Waals surface area contributed by atoms with Gasteiger partial charge in [-0.1, -0.05) is 48.5 Å². The molecule has 0 radical (unpaired) electrons. The maximum Gasteiger partial charge on any atom is 0.318 e. The number of piperidine rings is 1. The normalized spacial score (nSPS) is 20.4. The quantitative estimate of drug-likeness (QED) is 0.560. The van der Waals surface area contributed by atoms with Gasteiger partial charge in [-0.15, -0.1) is 0 Å². The van der Waals surface area contributed by atoms with Gasteiger partial charge in [0, 0.05) is 36.1 Å². The molecule has 4 heterocycles. The van der Waals surface area contributed by atoms with Gasteiger partial charge in [-0.05, 0) is 28.8 Å². The number of halogens is 1. The van der Waals surface area contributed by atoms with Gasteiger partial charge in [0.2, 0.25) is 0 Å². The highest BCUT2D eigenvalue weighted by Gasteiger charge is 2.37. The largest absolute Gasteiger partial charge is 0.467 e. The molecule has 2 unspecified atom stereocenters. The fraction of sp³-hybridized carbons (Fsp3) is 0.250. The first kappa shape index (κ1) is 17.6. The number of rotatable bonds is 3. The Labute approximate surface area is 173 Å². The first-order valence-corrected chi connectivity index (χ1v) is 10.2. The van der Waals surface area contributed by atoms with Crippen LogP contribution in [0.3, 0.4) is 0 Å². The molecule has 7 rings (SSSR count). The van der Waals surface area contributed by atoms with Crippen LogP contribution in [0.15, 0.2) is 54.6 Å². The van der Waals surface area contributed by atoms with Gasteiger partial charge in [-0.25, -0.2) is 4.39 Å². The zero-order valence-corrected chi connectivity index (χ0v) is 16.6. The molecule has 0 amide bonds. The van der Waals surface area contributed by atoms with Gasteiger partial charge in [-0.2, -0.15) is 9.97 Å². The lowest BCUT2D eigenvalue weighted by molar-refractivity contribution is 0.225. The number of hydrogen-bond donors (Lipinski definition) is 1. The molecule has 3 fully saturated rings. The predicted molar refractivity (Wildman–Crippen MR) is 117 cm³/mol. The monoisotopic (exact) mass is 400 g/mol. The Hall–Kier alpha value is -3.25. The van der Waals surface area contributed by atoms with Crippen molar-refractivity contribution in [1.82, 2.24) is 15.3 Å². The third-order valence-electron chi connectivity index (χ3n) is 6.25. The van der Waals surface area contributed by atoms with Crippen LogP contribution < -0.4 is 15.0 Å². The summed E-state index contributed by atoms with van der Waals surface area (Å²) in [5.41, 5.74) is 1.69. The Morgan fingerprint density at radius 2 is 1.70 bits per heavy atom. The van der Waals surface area contributed by atoms with Gasteiger partial charge < -0.3 is 15.0 Å². The minimum atomic E-state index is -0.342. The van der Waals surface area contributed by atoms with Crippen molar-refractivity contribution in [2.75, 3.05) is 25.1 Å². The van der Waals surface area contributed by atoms with E-state index in [9.17, 15) is 0 Å². The molecule has 0 saturated carbocycles. The SMILES string of the molecule is COc1nc(N2CC3CC(C2)N3)c2ccc(-c3cccc4ccccc34)c(F)c2n1. The third kappa shape index (κ3) is 2.64. The van der Waals surface area contributed by atoms with Gasteiger partial charge in [-0.3, -0.25) is 0 Å². The molecule has 150 valence electrons. The van der Waals surface area contributed by atoms with Crippen LogP contribution in [0.2, 0.25) is 0 Å². The first-order valence-electron chi connectivity index (χ1n) is 10.2. The zero-order valence-electron chi connectivity index (χ0n) is 16.6. The number of nitrogens with zero attached hydrogens (tertiary/aromatic N) is 3. The second-order valence-corrected chi connectivity index (χ2v) is 8.09. The van der Waals surface area contributed by atoms with Crippen molar-refractivity contribution in [2.45, 2.75) is 18.5 Å². The molecule has 5 nitrogen and oxygen atoms in total. The van der Waals surface area contributed by atoms with Crippen LogP contribution in [0.1, 0.15) is 6.42 Å². The van der Waals surface area contributed by atoms with E-state index < -0.39 is 0 Å². The molecule has 3 aliphatic rings. The number of fused-ring (bicyclic) bond motifs is 4. The van der Waals surface area contributed by atoms with E-state index in [1.807, 2.05) is 54.6 Å². The molecule has 2 bridgehead atoms. The molecule has 0 spiro atoms. The zero-order chi connectivity index (χ0) is 20.2. The van der Waals surface area contributed by atoms with Crippen molar-refractivity contribution in [1.29, 1.82) is 0 Å². The summed E-state index contributed by atoms with van der Waals surface area (Å²) in [5.74, 6) is 0.405. The number of benzene rings is 3. The Morgan fingerprint density at radius 1 is 0.933 bits per heavy atom.